The Kier molecular flexibility index (Phi) is 2.66. The first-order chi connectivity index (χ1) is 6.09. The summed E-state index contributed by atoms with van der Waals surface area (Å²) in [7, 11) is 0. The van der Waals surface area contributed by atoms with E-state index in [9.17, 15) is 0 Å². The van der Waals surface area contributed by atoms with E-state index in [0.29, 0.717) is 11.4 Å². The van der Waals surface area contributed by atoms with Crippen molar-refractivity contribution in [2.24, 2.45) is 0 Å². The smallest absolute Gasteiger partial charge is 0.110 e. The molecule has 0 amide bonds. The predicted molar refractivity (Wildman–Crippen MR) is 59.2 cm³/mol. The van der Waals surface area contributed by atoms with Crippen LogP contribution in [0.25, 0.3) is 0 Å². The second-order valence-electron chi connectivity index (χ2n) is 3.41. The average molecular weight is 213 g/mol. The Morgan fingerprint density at radius 3 is 2.79 bits per heavy atom. The summed E-state index contributed by atoms with van der Waals surface area (Å²) >= 11 is 0. The van der Waals surface area contributed by atoms with Gasteiger partial charge in [0.1, 0.15) is 5.69 Å². The van der Waals surface area contributed by atoms with Gasteiger partial charge in [-0.1, -0.05) is 0 Å². The molecule has 1 aromatic heterocycles. The summed E-state index contributed by atoms with van der Waals surface area (Å²) in [6.07, 6.45) is 1.84. The predicted octanol–water partition coefficient (Wildman–Crippen LogP) is 1.52. The summed E-state index contributed by atoms with van der Waals surface area (Å²) in [6, 6.07) is 0. The summed E-state index contributed by atoms with van der Waals surface area (Å²) in [5.41, 5.74) is 9.60. The lowest BCUT2D eigenvalue weighted by Gasteiger charge is -2.13. The zero-order valence-electron chi connectivity index (χ0n) is 8.16. The van der Waals surface area contributed by atoms with E-state index in [1.807, 2.05) is 19.9 Å². The fourth-order valence-corrected chi connectivity index (χ4v) is 1.59. The minimum absolute atomic E-state index is 0. The molecule has 0 saturated carbocycles. The van der Waals surface area contributed by atoms with E-state index in [1.54, 1.807) is 4.68 Å². The van der Waals surface area contributed by atoms with Gasteiger partial charge in [0, 0.05) is 0 Å². The van der Waals surface area contributed by atoms with E-state index in [2.05, 4.69) is 5.10 Å². The van der Waals surface area contributed by atoms with Crippen LogP contribution in [-0.4, -0.2) is 15.5 Å². The SMILES string of the molecule is CC1=CC(=N)c2c(N)c(C)nn2C1.Cl. The van der Waals surface area contributed by atoms with E-state index in [-0.39, 0.29) is 12.4 Å². The number of nitrogens with two attached hydrogens (primary N) is 1. The molecule has 0 fully saturated rings. The molecule has 0 unspecified atom stereocenters. The van der Waals surface area contributed by atoms with Gasteiger partial charge in [-0.05, 0) is 25.5 Å². The minimum atomic E-state index is 0. The van der Waals surface area contributed by atoms with E-state index >= 15 is 0 Å². The standard InChI is InChI=1S/C9H12N4.ClH/c1-5-3-7(10)9-8(11)6(2)12-13(9)4-5;/h3,10H,4,11H2,1-2H3;1H. The molecule has 0 bridgehead atoms. The first-order valence-electron chi connectivity index (χ1n) is 4.18. The maximum atomic E-state index is 7.74. The number of aromatic nitrogens is 2. The van der Waals surface area contributed by atoms with Crippen LogP contribution in [0.2, 0.25) is 0 Å². The van der Waals surface area contributed by atoms with Crippen molar-refractivity contribution in [1.29, 1.82) is 5.41 Å². The third-order valence-corrected chi connectivity index (χ3v) is 2.22. The number of rotatable bonds is 0. The highest BCUT2D eigenvalue weighted by Gasteiger charge is 2.19. The Morgan fingerprint density at radius 1 is 1.50 bits per heavy atom. The zero-order chi connectivity index (χ0) is 9.59. The first-order valence-corrected chi connectivity index (χ1v) is 4.18. The summed E-state index contributed by atoms with van der Waals surface area (Å²) in [6.45, 7) is 4.60. The highest BCUT2D eigenvalue weighted by Crippen LogP contribution is 2.22. The lowest BCUT2D eigenvalue weighted by Crippen LogP contribution is -2.16. The summed E-state index contributed by atoms with van der Waals surface area (Å²) in [5, 5.41) is 12.0. The molecule has 14 heavy (non-hydrogen) atoms. The van der Waals surface area contributed by atoms with Crippen molar-refractivity contribution in [2.45, 2.75) is 20.4 Å². The molecule has 3 N–H and O–H groups in total. The van der Waals surface area contributed by atoms with Gasteiger partial charge in [0.05, 0.1) is 23.6 Å². The molecule has 0 atom stereocenters. The molecule has 0 spiro atoms. The maximum absolute atomic E-state index is 7.74. The molecule has 1 aliphatic rings. The number of aryl methyl sites for hydroxylation is 1. The van der Waals surface area contributed by atoms with Crippen molar-refractivity contribution in [3.05, 3.63) is 23.0 Å². The molecular weight excluding hydrogens is 200 g/mol. The third-order valence-electron chi connectivity index (χ3n) is 2.22. The van der Waals surface area contributed by atoms with Crippen LogP contribution in [0.1, 0.15) is 18.3 Å². The fraction of sp³-hybridized carbons (Fsp3) is 0.333. The maximum Gasteiger partial charge on any atom is 0.110 e. The van der Waals surface area contributed by atoms with Crippen LogP contribution in [0.15, 0.2) is 11.6 Å². The van der Waals surface area contributed by atoms with Gasteiger partial charge < -0.3 is 5.73 Å². The number of hydrogen-bond acceptors (Lipinski definition) is 3. The molecule has 0 saturated heterocycles. The van der Waals surface area contributed by atoms with Gasteiger partial charge in [0.15, 0.2) is 0 Å². The van der Waals surface area contributed by atoms with Crippen LogP contribution >= 0.6 is 12.4 Å². The number of nitrogen functional groups attached to an aromatic ring is 1. The van der Waals surface area contributed by atoms with Gasteiger partial charge in [-0.2, -0.15) is 5.10 Å². The molecule has 0 radical (unpaired) electrons. The molecule has 1 aliphatic heterocycles. The molecule has 0 aliphatic carbocycles. The number of nitrogens with zero attached hydrogens (tertiary/aromatic N) is 2. The van der Waals surface area contributed by atoms with Gasteiger partial charge >= 0.3 is 0 Å². The highest BCUT2D eigenvalue weighted by molar-refractivity contribution is 6.09. The fourth-order valence-electron chi connectivity index (χ4n) is 1.59. The van der Waals surface area contributed by atoms with E-state index < -0.39 is 0 Å². The molecular formula is C9H13ClN4. The van der Waals surface area contributed by atoms with Crippen molar-refractivity contribution >= 4 is 23.8 Å². The summed E-state index contributed by atoms with van der Waals surface area (Å²) < 4.78 is 1.79. The van der Waals surface area contributed by atoms with Gasteiger partial charge in [0.25, 0.3) is 0 Å². The first kappa shape index (κ1) is 10.8. The number of fused-ring (bicyclic) bond motifs is 1. The molecule has 4 nitrogen and oxygen atoms in total. The second kappa shape index (κ2) is 3.46. The topological polar surface area (TPSA) is 67.7 Å². The number of halogens is 1. The Balaban J connectivity index is 0.000000980. The molecule has 5 heteroatoms. The van der Waals surface area contributed by atoms with Crippen LogP contribution in [0, 0.1) is 12.3 Å². The van der Waals surface area contributed by atoms with Crippen molar-refractivity contribution in [3.63, 3.8) is 0 Å². The monoisotopic (exact) mass is 212 g/mol. The van der Waals surface area contributed by atoms with Crippen LogP contribution in [0.5, 0.6) is 0 Å². The Labute approximate surface area is 88.7 Å². The van der Waals surface area contributed by atoms with Crippen LogP contribution < -0.4 is 5.73 Å². The third kappa shape index (κ3) is 1.42. The van der Waals surface area contributed by atoms with Gasteiger partial charge in [0.2, 0.25) is 0 Å². The number of hydrogen-bond donors (Lipinski definition) is 2. The van der Waals surface area contributed by atoms with Crippen molar-refractivity contribution in [2.75, 3.05) is 5.73 Å². The van der Waals surface area contributed by atoms with E-state index in [4.69, 9.17) is 11.1 Å². The lowest BCUT2D eigenvalue weighted by molar-refractivity contribution is 0.658. The molecule has 0 aromatic carbocycles. The van der Waals surface area contributed by atoms with Crippen LogP contribution in [0.4, 0.5) is 5.69 Å². The normalized spacial score (nSPS) is 14.4. The van der Waals surface area contributed by atoms with Gasteiger partial charge in [-0.25, -0.2) is 0 Å². The minimum Gasteiger partial charge on any atom is -0.395 e. The summed E-state index contributed by atoms with van der Waals surface area (Å²) in [5.74, 6) is 0. The number of anilines is 1. The average Bonchev–Trinajstić information content (AvgIpc) is 2.27. The van der Waals surface area contributed by atoms with Gasteiger partial charge in [-0.3, -0.25) is 10.1 Å². The van der Waals surface area contributed by atoms with Crippen molar-refractivity contribution in [3.8, 4) is 0 Å². The zero-order valence-corrected chi connectivity index (χ0v) is 8.98. The quantitative estimate of drug-likeness (QED) is 0.685. The molecule has 2 heterocycles. The summed E-state index contributed by atoms with van der Waals surface area (Å²) in [4.78, 5) is 0. The number of nitrogens with one attached hydrogen (secondary N) is 1. The van der Waals surface area contributed by atoms with Gasteiger partial charge in [-0.15, -0.1) is 12.4 Å². The Hall–Kier alpha value is -1.29. The molecule has 1 aromatic rings. The molecule has 76 valence electrons. The highest BCUT2D eigenvalue weighted by atomic mass is 35.5. The van der Waals surface area contributed by atoms with Crippen molar-refractivity contribution in [1.82, 2.24) is 9.78 Å². The van der Waals surface area contributed by atoms with E-state index in [0.717, 1.165) is 23.5 Å². The van der Waals surface area contributed by atoms with Crippen LogP contribution in [0.3, 0.4) is 0 Å². The lowest BCUT2D eigenvalue weighted by atomic mass is 10.1. The largest absolute Gasteiger partial charge is 0.395 e. The Morgan fingerprint density at radius 2 is 2.14 bits per heavy atom. The second-order valence-corrected chi connectivity index (χ2v) is 3.41. The number of allylic oxidation sites excluding steroid dienone is 2. The molecule has 2 rings (SSSR count). The van der Waals surface area contributed by atoms with Crippen LogP contribution in [-0.2, 0) is 6.54 Å². The van der Waals surface area contributed by atoms with E-state index in [1.165, 1.54) is 0 Å². The Bertz CT molecular complexity index is 417. The van der Waals surface area contributed by atoms with Crippen molar-refractivity contribution < 1.29 is 0 Å².